The Morgan fingerprint density at radius 3 is 1.09 bits per heavy atom. The summed E-state index contributed by atoms with van der Waals surface area (Å²) >= 11 is -5.10. The van der Waals surface area contributed by atoms with Crippen molar-refractivity contribution in [3.63, 3.8) is 0 Å². The van der Waals surface area contributed by atoms with E-state index >= 15 is 0 Å². The van der Waals surface area contributed by atoms with Crippen LogP contribution >= 0.6 is 0 Å². The van der Waals surface area contributed by atoms with E-state index in [0.29, 0.717) is 0 Å². The maximum Gasteiger partial charge on any atom is 0.414 e. The molecule has 0 aromatic carbocycles. The molecule has 0 heterocycles. The molecule has 2 N–H and O–H groups in total. The van der Waals surface area contributed by atoms with E-state index in [2.05, 4.69) is 0 Å². The fourth-order valence-electron chi connectivity index (χ4n) is 2.48. The molecule has 13 heteroatoms. The molecule has 0 amide bonds. The third kappa shape index (κ3) is 11.2. The van der Waals surface area contributed by atoms with Crippen LogP contribution in [0.5, 0.6) is 0 Å². The molecule has 0 bridgehead atoms. The molecular weight excluding hydrogens is 480 g/mol. The van der Waals surface area contributed by atoms with Crippen LogP contribution in [0.25, 0.3) is 0 Å². The second-order valence-corrected chi connectivity index (χ2v) is 11.4. The summed E-state index contributed by atoms with van der Waals surface area (Å²) in [6, 6.07) is 0. The topological polar surface area (TPSA) is 180 Å². The minimum absolute atomic E-state index is 0.0907. The summed E-state index contributed by atoms with van der Waals surface area (Å²) in [7, 11) is 0. The Labute approximate surface area is 197 Å². The van der Waals surface area contributed by atoms with Crippen LogP contribution < -0.4 is 0 Å². The quantitative estimate of drug-likeness (QED) is 0.191. The van der Waals surface area contributed by atoms with E-state index < -0.39 is 73.5 Å². The first-order valence-electron chi connectivity index (χ1n) is 10.2. The zero-order valence-electron chi connectivity index (χ0n) is 20.2. The maximum atomic E-state index is 13.3. The second kappa shape index (κ2) is 15.9. The first kappa shape index (κ1) is 33.3. The molecule has 0 aromatic rings. The van der Waals surface area contributed by atoms with Crippen molar-refractivity contribution in [2.45, 2.75) is 79.8 Å². The van der Waals surface area contributed by atoms with Crippen LogP contribution in [0.3, 0.4) is 0 Å². The Morgan fingerprint density at radius 1 is 0.667 bits per heavy atom. The molecule has 0 aliphatic rings. The number of Topliss-reactive ketones (excluding diaryl/α,β-unsaturated/α-hetero) is 2. The molecule has 0 rings (SSSR count). The van der Waals surface area contributed by atoms with Crippen molar-refractivity contribution < 1.29 is 72.5 Å². The summed E-state index contributed by atoms with van der Waals surface area (Å²) in [4.78, 5) is 68.9. The largest absolute Gasteiger partial charge is 0.473 e. The summed E-state index contributed by atoms with van der Waals surface area (Å²) in [5, 5.41) is 14.8. The van der Waals surface area contributed by atoms with E-state index in [1.54, 1.807) is 41.5 Å². The Morgan fingerprint density at radius 2 is 0.939 bits per heavy atom. The van der Waals surface area contributed by atoms with Gasteiger partial charge in [-0.15, -0.1) is 0 Å². The molecule has 0 spiro atoms. The summed E-state index contributed by atoms with van der Waals surface area (Å²) < 4.78 is 20.6. The van der Waals surface area contributed by atoms with Gasteiger partial charge >= 0.3 is 177 Å². The summed E-state index contributed by atoms with van der Waals surface area (Å²) in [6.45, 7) is 12.4. The predicted octanol–water partition coefficient (Wildman–Crippen LogP) is 1.02. The van der Waals surface area contributed by atoms with Crippen molar-refractivity contribution in [3.8, 4) is 0 Å². The van der Waals surface area contributed by atoms with Crippen LogP contribution in [0.1, 0.15) is 55.4 Å². The van der Waals surface area contributed by atoms with E-state index in [4.69, 9.17) is 35.9 Å². The average Bonchev–Trinajstić information content (AvgIpc) is 2.67. The number of ketones is 2. The zero-order chi connectivity index (χ0) is 26.5. The standard InChI is InChI=1S/2C6H9O3.2C3H7O.C2H2O4.Ti/c2*1-3-9-6(4-7)5(2)8;2*1-3(2)4;3-1(4)2(5)6;/h2*6H,3H2,1-2H3;2*3H,1-2H3;(H,3,4)(H,5,6);/q;;2*-1;;+2. The first-order valence-corrected chi connectivity index (χ1v) is 13.1. The third-order valence-electron chi connectivity index (χ3n) is 3.52. The number of carboxylic acid groups (broad SMARTS) is 2. The van der Waals surface area contributed by atoms with Crippen molar-refractivity contribution in [2.75, 3.05) is 13.2 Å². The fraction of sp³-hybridized carbons (Fsp3) is 0.700. The van der Waals surface area contributed by atoms with E-state index in [0.717, 1.165) is 0 Å². The van der Waals surface area contributed by atoms with Crippen molar-refractivity contribution in [1.29, 1.82) is 0 Å². The van der Waals surface area contributed by atoms with Gasteiger partial charge < -0.3 is 10.2 Å². The van der Waals surface area contributed by atoms with Crippen molar-refractivity contribution in [1.82, 2.24) is 0 Å². The van der Waals surface area contributed by atoms with E-state index in [9.17, 15) is 19.2 Å². The van der Waals surface area contributed by atoms with E-state index in [-0.39, 0.29) is 13.2 Å². The summed E-state index contributed by atoms with van der Waals surface area (Å²) in [6.07, 6.45) is -4.04. The van der Waals surface area contributed by atoms with Crippen LogP contribution in [-0.2, 0) is 62.2 Å². The van der Waals surface area contributed by atoms with Crippen LogP contribution in [0.15, 0.2) is 0 Å². The average molecular weight is 514 g/mol. The van der Waals surface area contributed by atoms with Crippen LogP contribution in [-0.4, -0.2) is 79.5 Å². The minimum atomic E-state index is -5.10. The van der Waals surface area contributed by atoms with Crippen LogP contribution in [0, 0.1) is 0 Å². The van der Waals surface area contributed by atoms with Gasteiger partial charge in [-0.05, 0) is 0 Å². The predicted molar refractivity (Wildman–Crippen MR) is 110 cm³/mol. The Kier molecular flexibility index (Phi) is 16.1. The first-order chi connectivity index (χ1) is 15.1. The van der Waals surface area contributed by atoms with Crippen LogP contribution in [0.2, 0.25) is 0 Å². The number of carboxylic acids is 2. The molecule has 12 nitrogen and oxygen atoms in total. The maximum absolute atomic E-state index is 13.3. The fourth-order valence-corrected chi connectivity index (χ4v) is 7.72. The second-order valence-electron chi connectivity index (χ2n) is 7.18. The van der Waals surface area contributed by atoms with E-state index in [1.807, 2.05) is 0 Å². The monoisotopic (exact) mass is 514 g/mol. The smallest absolute Gasteiger partial charge is 0.414 e. The zero-order valence-corrected chi connectivity index (χ0v) is 21.8. The Bertz CT molecular complexity index is 656. The van der Waals surface area contributed by atoms with Gasteiger partial charge in [0.25, 0.3) is 0 Å². The third-order valence-corrected chi connectivity index (χ3v) is 8.87. The summed E-state index contributed by atoms with van der Waals surface area (Å²) in [5.41, 5.74) is 0. The van der Waals surface area contributed by atoms with Gasteiger partial charge in [-0.1, -0.05) is 0 Å². The molecule has 0 saturated heterocycles. The Hall–Kier alpha value is -1.83. The molecule has 0 aromatic heterocycles. The summed E-state index contributed by atoms with van der Waals surface area (Å²) in [5.74, 6) is -4.76. The van der Waals surface area contributed by atoms with Gasteiger partial charge in [-0.25, -0.2) is 9.59 Å². The van der Waals surface area contributed by atoms with Gasteiger partial charge in [0, 0.05) is 0 Å². The van der Waals surface area contributed by atoms with Crippen molar-refractivity contribution in [2.24, 2.45) is 0 Å². The van der Waals surface area contributed by atoms with Gasteiger partial charge in [-0.3, -0.25) is 0 Å². The SMILES string of the molecule is CCOC(C(C)=O)[C](=O)[Ti]([O]C(C)C)([O]C(C)C)[C](=O)C(OCC)C(C)=O.O=C(O)C(=O)O. The Balaban J connectivity index is 0. The molecule has 0 radical (unpaired) electrons. The van der Waals surface area contributed by atoms with Gasteiger partial charge in [-0.2, -0.15) is 0 Å². The van der Waals surface area contributed by atoms with Gasteiger partial charge in [0.1, 0.15) is 0 Å². The van der Waals surface area contributed by atoms with Crippen molar-refractivity contribution >= 4 is 31.7 Å². The molecule has 33 heavy (non-hydrogen) atoms. The molecule has 0 saturated carbocycles. The van der Waals surface area contributed by atoms with Gasteiger partial charge in [0.2, 0.25) is 0 Å². The van der Waals surface area contributed by atoms with Crippen LogP contribution in [0.4, 0.5) is 0 Å². The molecule has 0 aliphatic carbocycles. The number of hydrogen-bond acceptors (Lipinski definition) is 10. The number of ether oxygens (including phenoxy) is 2. The molecular formula is C20H34O12Ti. The number of carbonyl (C=O) groups excluding carboxylic acids is 4. The number of carbonyl (C=O) groups is 6. The molecule has 2 atom stereocenters. The van der Waals surface area contributed by atoms with Gasteiger partial charge in [0.15, 0.2) is 0 Å². The van der Waals surface area contributed by atoms with E-state index in [1.165, 1.54) is 13.8 Å². The number of hydrogen-bond donors (Lipinski definition) is 2. The molecule has 190 valence electrons. The van der Waals surface area contributed by atoms with Crippen molar-refractivity contribution in [3.05, 3.63) is 0 Å². The van der Waals surface area contributed by atoms with Gasteiger partial charge in [0.05, 0.1) is 0 Å². The number of rotatable bonds is 14. The molecule has 2 unspecified atom stereocenters. The minimum Gasteiger partial charge on any atom is -0.473 e. The normalized spacial score (nSPS) is 13.0. The number of aliphatic carboxylic acids is 2. The molecule has 0 fully saturated rings. The molecule has 0 aliphatic heterocycles.